The number of halogens is 2. The first-order valence-corrected chi connectivity index (χ1v) is 10.1. The van der Waals surface area contributed by atoms with Gasteiger partial charge in [-0.25, -0.2) is 8.78 Å². The number of hydrogen-bond acceptors (Lipinski definition) is 3. The highest BCUT2D eigenvalue weighted by atomic mass is 19.1. The molecule has 2 aromatic heterocycles. The van der Waals surface area contributed by atoms with Crippen LogP contribution in [-0.4, -0.2) is 38.7 Å². The van der Waals surface area contributed by atoms with Crippen molar-refractivity contribution in [3.8, 4) is 0 Å². The number of aromatic nitrogens is 3. The molecule has 1 atom stereocenters. The molecule has 3 aromatic rings. The molecule has 0 radical (unpaired) electrons. The average molecular weight is 410 g/mol. The highest BCUT2D eigenvalue weighted by Crippen LogP contribution is 2.27. The van der Waals surface area contributed by atoms with Crippen LogP contribution in [0.25, 0.3) is 0 Å². The predicted octanol–water partition coefficient (Wildman–Crippen LogP) is 4.01. The Morgan fingerprint density at radius 1 is 1.20 bits per heavy atom. The number of amides is 1. The van der Waals surface area contributed by atoms with E-state index in [1.54, 1.807) is 24.1 Å². The molecular weight excluding hydrogens is 386 g/mol. The lowest BCUT2D eigenvalue weighted by atomic mass is 9.93. The van der Waals surface area contributed by atoms with Crippen LogP contribution in [-0.2, 0) is 13.5 Å². The molecule has 7 heteroatoms. The highest BCUT2D eigenvalue weighted by Gasteiger charge is 2.28. The Labute approximate surface area is 174 Å². The van der Waals surface area contributed by atoms with Crippen LogP contribution >= 0.6 is 0 Å². The van der Waals surface area contributed by atoms with E-state index in [4.69, 9.17) is 0 Å². The Bertz CT molecular complexity index is 1040. The minimum absolute atomic E-state index is 0.00283. The number of hydrogen-bond donors (Lipinski definition) is 0. The third-order valence-corrected chi connectivity index (χ3v) is 5.66. The van der Waals surface area contributed by atoms with Gasteiger partial charge in [-0.05, 0) is 43.5 Å². The molecule has 0 bridgehead atoms. The summed E-state index contributed by atoms with van der Waals surface area (Å²) in [7, 11) is 1.81. The minimum atomic E-state index is -0.550. The number of piperidine rings is 1. The first-order chi connectivity index (χ1) is 14.4. The summed E-state index contributed by atoms with van der Waals surface area (Å²) in [6.45, 7) is 3.16. The SMILES string of the molecule is Cc1nn(C)cc1C(=O)N1CCC[C@H](c2ccc(Cc3c(F)cccc3F)cn2)C1. The summed E-state index contributed by atoms with van der Waals surface area (Å²) in [6.07, 6.45) is 5.44. The van der Waals surface area contributed by atoms with Gasteiger partial charge in [-0.2, -0.15) is 5.10 Å². The van der Waals surface area contributed by atoms with Crippen LogP contribution in [0.15, 0.2) is 42.7 Å². The average Bonchev–Trinajstić information content (AvgIpc) is 3.09. The third kappa shape index (κ3) is 4.10. The predicted molar refractivity (Wildman–Crippen MR) is 109 cm³/mol. The molecule has 30 heavy (non-hydrogen) atoms. The van der Waals surface area contributed by atoms with Crippen molar-refractivity contribution in [3.63, 3.8) is 0 Å². The molecule has 156 valence electrons. The van der Waals surface area contributed by atoms with Crippen LogP contribution in [0.5, 0.6) is 0 Å². The van der Waals surface area contributed by atoms with E-state index in [1.807, 2.05) is 24.0 Å². The Hall–Kier alpha value is -3.09. The number of rotatable bonds is 4. The van der Waals surface area contributed by atoms with Crippen molar-refractivity contribution in [2.75, 3.05) is 13.1 Å². The van der Waals surface area contributed by atoms with Crippen LogP contribution in [0.1, 0.15) is 51.6 Å². The summed E-state index contributed by atoms with van der Waals surface area (Å²) in [5, 5.41) is 4.26. The van der Waals surface area contributed by atoms with Crippen molar-refractivity contribution in [2.45, 2.75) is 32.1 Å². The standard InChI is InChI=1S/C23H24F2N4O/c1-15-19(14-28(2)27-15)23(30)29-10-4-5-17(13-29)22-9-8-16(12-26-22)11-18-20(24)6-3-7-21(18)25/h3,6-9,12,14,17H,4-5,10-11,13H2,1-2H3/t17-/m0/s1. The molecule has 4 rings (SSSR count). The molecule has 3 heterocycles. The zero-order chi connectivity index (χ0) is 21.3. The van der Waals surface area contributed by atoms with Gasteiger partial charge < -0.3 is 4.90 Å². The normalized spacial score (nSPS) is 16.7. The van der Waals surface area contributed by atoms with Gasteiger partial charge in [-0.1, -0.05) is 12.1 Å². The lowest BCUT2D eigenvalue weighted by molar-refractivity contribution is 0.0705. The molecule has 0 aliphatic carbocycles. The molecule has 0 unspecified atom stereocenters. The number of carbonyl (C=O) groups is 1. The van der Waals surface area contributed by atoms with Crippen molar-refractivity contribution >= 4 is 5.91 Å². The number of likely N-dealkylation sites (tertiary alicyclic amines) is 1. The van der Waals surface area contributed by atoms with Gasteiger partial charge >= 0.3 is 0 Å². The van der Waals surface area contributed by atoms with E-state index in [2.05, 4.69) is 10.1 Å². The highest BCUT2D eigenvalue weighted by molar-refractivity contribution is 5.95. The molecule has 1 aliphatic heterocycles. The maximum Gasteiger partial charge on any atom is 0.257 e. The molecule has 5 nitrogen and oxygen atoms in total. The summed E-state index contributed by atoms with van der Waals surface area (Å²) < 4.78 is 29.4. The summed E-state index contributed by atoms with van der Waals surface area (Å²) >= 11 is 0. The quantitative estimate of drug-likeness (QED) is 0.653. The molecule has 1 aliphatic rings. The van der Waals surface area contributed by atoms with E-state index in [9.17, 15) is 13.6 Å². The Morgan fingerprint density at radius 2 is 1.97 bits per heavy atom. The van der Waals surface area contributed by atoms with Gasteiger partial charge in [0, 0.05) is 56.1 Å². The molecule has 1 fully saturated rings. The van der Waals surface area contributed by atoms with Crippen molar-refractivity contribution < 1.29 is 13.6 Å². The second-order valence-corrected chi connectivity index (χ2v) is 7.86. The van der Waals surface area contributed by atoms with E-state index in [1.165, 1.54) is 18.2 Å². The van der Waals surface area contributed by atoms with Crippen LogP contribution < -0.4 is 0 Å². The fourth-order valence-corrected chi connectivity index (χ4v) is 4.07. The number of nitrogens with zero attached hydrogens (tertiary/aromatic N) is 4. The number of benzene rings is 1. The zero-order valence-corrected chi connectivity index (χ0v) is 17.1. The van der Waals surface area contributed by atoms with E-state index in [0.29, 0.717) is 18.7 Å². The van der Waals surface area contributed by atoms with Gasteiger partial charge in [0.25, 0.3) is 5.91 Å². The lowest BCUT2D eigenvalue weighted by Gasteiger charge is -2.32. The van der Waals surface area contributed by atoms with Crippen LogP contribution in [0, 0.1) is 18.6 Å². The summed E-state index contributed by atoms with van der Waals surface area (Å²) in [5.74, 6) is -0.965. The number of aryl methyl sites for hydroxylation is 2. The minimum Gasteiger partial charge on any atom is -0.338 e. The van der Waals surface area contributed by atoms with Gasteiger partial charge in [0.2, 0.25) is 0 Å². The van der Waals surface area contributed by atoms with Crippen molar-refractivity contribution in [1.82, 2.24) is 19.7 Å². The van der Waals surface area contributed by atoms with Gasteiger partial charge in [-0.3, -0.25) is 14.5 Å². The monoisotopic (exact) mass is 410 g/mol. The van der Waals surface area contributed by atoms with Crippen LogP contribution in [0.4, 0.5) is 8.78 Å². The van der Waals surface area contributed by atoms with E-state index in [0.717, 1.165) is 29.8 Å². The van der Waals surface area contributed by atoms with Gasteiger partial charge in [0.1, 0.15) is 11.6 Å². The maximum atomic E-state index is 13.9. The molecule has 1 aromatic carbocycles. The van der Waals surface area contributed by atoms with Gasteiger partial charge in [0.15, 0.2) is 0 Å². The molecule has 0 saturated carbocycles. The summed E-state index contributed by atoms with van der Waals surface area (Å²) in [4.78, 5) is 19.3. The first-order valence-electron chi connectivity index (χ1n) is 10.1. The fraction of sp³-hybridized carbons (Fsp3) is 0.348. The Balaban J connectivity index is 1.46. The number of pyridine rings is 1. The van der Waals surface area contributed by atoms with Crippen molar-refractivity contribution in [1.29, 1.82) is 0 Å². The Morgan fingerprint density at radius 3 is 2.60 bits per heavy atom. The summed E-state index contributed by atoms with van der Waals surface area (Å²) in [5.41, 5.74) is 3.06. The summed E-state index contributed by atoms with van der Waals surface area (Å²) in [6, 6.07) is 7.65. The molecule has 0 N–H and O–H groups in total. The molecule has 1 amide bonds. The van der Waals surface area contributed by atoms with Gasteiger partial charge in [0.05, 0.1) is 11.3 Å². The molecule has 1 saturated heterocycles. The first kappa shape index (κ1) is 20.2. The topological polar surface area (TPSA) is 51.0 Å². The molecular formula is C23H24F2N4O. The van der Waals surface area contributed by atoms with E-state index in [-0.39, 0.29) is 23.8 Å². The van der Waals surface area contributed by atoms with Crippen molar-refractivity contribution in [3.05, 3.63) is 82.4 Å². The number of carbonyl (C=O) groups excluding carboxylic acids is 1. The fourth-order valence-electron chi connectivity index (χ4n) is 4.07. The van der Waals surface area contributed by atoms with Crippen molar-refractivity contribution in [2.24, 2.45) is 7.05 Å². The zero-order valence-electron chi connectivity index (χ0n) is 17.1. The van der Waals surface area contributed by atoms with Gasteiger partial charge in [-0.15, -0.1) is 0 Å². The van der Waals surface area contributed by atoms with E-state index >= 15 is 0 Å². The third-order valence-electron chi connectivity index (χ3n) is 5.66. The maximum absolute atomic E-state index is 13.9. The van der Waals surface area contributed by atoms with Crippen LogP contribution in [0.2, 0.25) is 0 Å². The van der Waals surface area contributed by atoms with Crippen LogP contribution in [0.3, 0.4) is 0 Å². The second kappa shape index (κ2) is 8.34. The largest absolute Gasteiger partial charge is 0.338 e. The smallest absolute Gasteiger partial charge is 0.257 e. The second-order valence-electron chi connectivity index (χ2n) is 7.86. The lowest BCUT2D eigenvalue weighted by Crippen LogP contribution is -2.39. The molecule has 0 spiro atoms. The van der Waals surface area contributed by atoms with E-state index < -0.39 is 11.6 Å². The Kier molecular flexibility index (Phi) is 5.61.